The first-order valence-electron chi connectivity index (χ1n) is 6.30. The Hall–Kier alpha value is -1.26. The zero-order valence-electron chi connectivity index (χ0n) is 10.7. The average molecular weight is 252 g/mol. The quantitative estimate of drug-likeness (QED) is 0.840. The highest BCUT2D eigenvalue weighted by Crippen LogP contribution is 2.31. The highest BCUT2D eigenvalue weighted by molar-refractivity contribution is 5.39. The number of aliphatic hydroxyl groups excluding tert-OH is 1. The second-order valence-corrected chi connectivity index (χ2v) is 4.85. The van der Waals surface area contributed by atoms with Crippen LogP contribution >= 0.6 is 0 Å². The van der Waals surface area contributed by atoms with Crippen molar-refractivity contribution < 1.29 is 19.7 Å². The summed E-state index contributed by atoms with van der Waals surface area (Å²) >= 11 is 0. The minimum absolute atomic E-state index is 0.106. The smallest absolute Gasteiger partial charge is 0.125 e. The van der Waals surface area contributed by atoms with Crippen LogP contribution in [0.5, 0.6) is 11.5 Å². The molecule has 2 rings (SSSR count). The van der Waals surface area contributed by atoms with Gasteiger partial charge in [0, 0.05) is 5.56 Å². The summed E-state index contributed by atoms with van der Waals surface area (Å²) in [6.45, 7) is 0.178. The summed E-state index contributed by atoms with van der Waals surface area (Å²) in [5.74, 6) is 1.30. The molecule has 0 aromatic heterocycles. The molecule has 1 aromatic carbocycles. The van der Waals surface area contributed by atoms with Crippen LogP contribution in [0.15, 0.2) is 18.2 Å². The molecule has 1 saturated carbocycles. The van der Waals surface area contributed by atoms with Gasteiger partial charge in [-0.2, -0.15) is 0 Å². The minimum Gasteiger partial charge on any atom is -0.497 e. The monoisotopic (exact) mass is 252 g/mol. The Balaban J connectivity index is 2.04. The van der Waals surface area contributed by atoms with E-state index in [-0.39, 0.29) is 13.2 Å². The SMILES string of the molecule is COc1ccc(OCC2(O)CCCC2)c(CO)c1. The minimum atomic E-state index is -0.702. The first-order chi connectivity index (χ1) is 8.67. The number of rotatable bonds is 5. The molecule has 100 valence electrons. The van der Waals surface area contributed by atoms with Crippen LogP contribution in [0, 0.1) is 0 Å². The van der Waals surface area contributed by atoms with Crippen LogP contribution in [0.2, 0.25) is 0 Å². The van der Waals surface area contributed by atoms with E-state index in [9.17, 15) is 10.2 Å². The Bertz CT molecular complexity index is 397. The van der Waals surface area contributed by atoms with Crippen molar-refractivity contribution in [1.29, 1.82) is 0 Å². The van der Waals surface area contributed by atoms with Gasteiger partial charge in [0.25, 0.3) is 0 Å². The molecule has 1 aromatic rings. The van der Waals surface area contributed by atoms with Crippen molar-refractivity contribution in [2.75, 3.05) is 13.7 Å². The summed E-state index contributed by atoms with van der Waals surface area (Å²) in [7, 11) is 1.58. The van der Waals surface area contributed by atoms with E-state index in [0.717, 1.165) is 25.7 Å². The highest BCUT2D eigenvalue weighted by Gasteiger charge is 2.32. The fraction of sp³-hybridized carbons (Fsp3) is 0.571. The van der Waals surface area contributed by atoms with Crippen LogP contribution in [0.4, 0.5) is 0 Å². The van der Waals surface area contributed by atoms with Crippen molar-refractivity contribution in [3.05, 3.63) is 23.8 Å². The third-order valence-corrected chi connectivity index (χ3v) is 3.47. The maximum absolute atomic E-state index is 10.2. The van der Waals surface area contributed by atoms with Gasteiger partial charge in [-0.05, 0) is 31.0 Å². The molecule has 0 amide bonds. The number of hydrogen-bond acceptors (Lipinski definition) is 4. The van der Waals surface area contributed by atoms with Crippen molar-refractivity contribution in [2.45, 2.75) is 37.9 Å². The molecule has 2 N–H and O–H groups in total. The summed E-state index contributed by atoms with van der Waals surface area (Å²) in [6, 6.07) is 5.30. The normalized spacial score (nSPS) is 17.7. The highest BCUT2D eigenvalue weighted by atomic mass is 16.5. The molecule has 0 bridgehead atoms. The summed E-state index contributed by atoms with van der Waals surface area (Å²) in [4.78, 5) is 0. The Kier molecular flexibility index (Phi) is 4.09. The Morgan fingerprint density at radius 2 is 2.00 bits per heavy atom. The molecule has 0 saturated heterocycles. The fourth-order valence-corrected chi connectivity index (χ4v) is 2.34. The van der Waals surface area contributed by atoms with E-state index >= 15 is 0 Å². The third-order valence-electron chi connectivity index (χ3n) is 3.47. The van der Waals surface area contributed by atoms with Crippen molar-refractivity contribution in [1.82, 2.24) is 0 Å². The van der Waals surface area contributed by atoms with Crippen LogP contribution in [0.25, 0.3) is 0 Å². The molecule has 0 aliphatic heterocycles. The molecule has 0 heterocycles. The lowest BCUT2D eigenvalue weighted by atomic mass is 10.0. The van der Waals surface area contributed by atoms with E-state index in [0.29, 0.717) is 17.1 Å². The van der Waals surface area contributed by atoms with Gasteiger partial charge in [0.05, 0.1) is 19.3 Å². The number of ether oxygens (including phenoxy) is 2. The van der Waals surface area contributed by atoms with E-state index < -0.39 is 5.60 Å². The molecular weight excluding hydrogens is 232 g/mol. The molecule has 0 spiro atoms. The Labute approximate surface area is 107 Å². The van der Waals surface area contributed by atoms with Gasteiger partial charge in [0.15, 0.2) is 0 Å². The van der Waals surface area contributed by atoms with Gasteiger partial charge in [-0.25, -0.2) is 0 Å². The standard InChI is InChI=1S/C14H20O4/c1-17-12-4-5-13(11(8-12)9-15)18-10-14(16)6-2-3-7-14/h4-5,8,15-16H,2-3,6-7,9-10H2,1H3. The molecule has 18 heavy (non-hydrogen) atoms. The average Bonchev–Trinajstić information content (AvgIpc) is 2.83. The van der Waals surface area contributed by atoms with Gasteiger partial charge < -0.3 is 19.7 Å². The number of hydrogen-bond donors (Lipinski definition) is 2. The second kappa shape index (κ2) is 5.59. The molecule has 4 nitrogen and oxygen atoms in total. The van der Waals surface area contributed by atoms with E-state index in [1.54, 1.807) is 25.3 Å². The van der Waals surface area contributed by atoms with Crippen molar-refractivity contribution >= 4 is 0 Å². The van der Waals surface area contributed by atoms with Gasteiger partial charge >= 0.3 is 0 Å². The van der Waals surface area contributed by atoms with E-state index in [2.05, 4.69) is 0 Å². The largest absolute Gasteiger partial charge is 0.497 e. The van der Waals surface area contributed by atoms with Crippen molar-refractivity contribution in [3.63, 3.8) is 0 Å². The van der Waals surface area contributed by atoms with E-state index in [1.165, 1.54) is 0 Å². The molecule has 4 heteroatoms. The molecule has 1 aliphatic carbocycles. The van der Waals surface area contributed by atoms with Crippen LogP contribution < -0.4 is 9.47 Å². The van der Waals surface area contributed by atoms with Gasteiger partial charge in [-0.15, -0.1) is 0 Å². The van der Waals surface area contributed by atoms with Gasteiger partial charge in [0.2, 0.25) is 0 Å². The molecule has 0 unspecified atom stereocenters. The predicted octanol–water partition coefficient (Wildman–Crippen LogP) is 1.87. The lowest BCUT2D eigenvalue weighted by Gasteiger charge is -2.23. The fourth-order valence-electron chi connectivity index (χ4n) is 2.34. The topological polar surface area (TPSA) is 58.9 Å². The lowest BCUT2D eigenvalue weighted by molar-refractivity contribution is 0.000806. The summed E-state index contributed by atoms with van der Waals surface area (Å²) < 4.78 is 10.7. The zero-order chi connectivity index (χ0) is 13.0. The number of methoxy groups -OCH3 is 1. The summed E-state index contributed by atoms with van der Waals surface area (Å²) in [6.07, 6.45) is 3.68. The van der Waals surface area contributed by atoms with Gasteiger partial charge in [-0.1, -0.05) is 12.8 Å². The molecule has 0 atom stereocenters. The van der Waals surface area contributed by atoms with Crippen LogP contribution in [0.1, 0.15) is 31.2 Å². The third kappa shape index (κ3) is 2.94. The first-order valence-corrected chi connectivity index (χ1v) is 6.30. The van der Waals surface area contributed by atoms with Crippen LogP contribution in [0.3, 0.4) is 0 Å². The van der Waals surface area contributed by atoms with Gasteiger partial charge in [0.1, 0.15) is 18.1 Å². The molecule has 0 radical (unpaired) electrons. The van der Waals surface area contributed by atoms with Crippen LogP contribution in [-0.4, -0.2) is 29.5 Å². The maximum Gasteiger partial charge on any atom is 0.125 e. The van der Waals surface area contributed by atoms with Crippen molar-refractivity contribution in [3.8, 4) is 11.5 Å². The first kappa shape index (κ1) is 13.2. The summed E-state index contributed by atoms with van der Waals surface area (Å²) in [5.41, 5.74) is -0.0249. The van der Waals surface area contributed by atoms with Crippen molar-refractivity contribution in [2.24, 2.45) is 0 Å². The number of benzene rings is 1. The molecule has 1 fully saturated rings. The second-order valence-electron chi connectivity index (χ2n) is 4.85. The van der Waals surface area contributed by atoms with Crippen LogP contribution in [-0.2, 0) is 6.61 Å². The maximum atomic E-state index is 10.2. The summed E-state index contributed by atoms with van der Waals surface area (Å²) in [5, 5.41) is 19.5. The Morgan fingerprint density at radius 3 is 2.61 bits per heavy atom. The Morgan fingerprint density at radius 1 is 1.28 bits per heavy atom. The van der Waals surface area contributed by atoms with E-state index in [4.69, 9.17) is 9.47 Å². The predicted molar refractivity (Wildman–Crippen MR) is 67.8 cm³/mol. The van der Waals surface area contributed by atoms with Gasteiger partial charge in [-0.3, -0.25) is 0 Å². The molecular formula is C14H20O4. The number of aliphatic hydroxyl groups is 2. The van der Waals surface area contributed by atoms with E-state index in [1.807, 2.05) is 0 Å². The zero-order valence-corrected chi connectivity index (χ0v) is 10.7. The molecule has 1 aliphatic rings. The lowest BCUT2D eigenvalue weighted by Crippen LogP contribution is -2.32.